The Bertz CT molecular complexity index is 983. The number of benzene rings is 1. The summed E-state index contributed by atoms with van der Waals surface area (Å²) >= 11 is 0. The number of carbonyl (C=O) groups is 1. The van der Waals surface area contributed by atoms with E-state index in [2.05, 4.69) is 39.8 Å². The van der Waals surface area contributed by atoms with Crippen molar-refractivity contribution in [2.24, 2.45) is 0 Å². The van der Waals surface area contributed by atoms with Crippen LogP contribution in [0.15, 0.2) is 36.7 Å². The van der Waals surface area contributed by atoms with Gasteiger partial charge in [-0.2, -0.15) is 10.2 Å². The lowest BCUT2D eigenvalue weighted by molar-refractivity contribution is 0.0696. The third kappa shape index (κ3) is 3.93. The van der Waals surface area contributed by atoms with Crippen LogP contribution in [0.4, 0.5) is 5.82 Å². The SMILES string of the molecule is CCc1c(C(=O)O)c(NC2CC2)nn1Cc1ccc(Cn2cc(C)cn2)cc1. The first-order valence-electron chi connectivity index (χ1n) is 9.70. The molecule has 2 N–H and O–H groups in total. The van der Waals surface area contributed by atoms with Gasteiger partial charge in [0.1, 0.15) is 5.56 Å². The lowest BCUT2D eigenvalue weighted by Crippen LogP contribution is -2.09. The Morgan fingerprint density at radius 3 is 2.43 bits per heavy atom. The molecule has 146 valence electrons. The van der Waals surface area contributed by atoms with Crippen molar-refractivity contribution in [1.82, 2.24) is 19.6 Å². The van der Waals surface area contributed by atoms with Crippen LogP contribution in [-0.2, 0) is 19.5 Å². The molecule has 1 aromatic carbocycles. The standard InChI is InChI=1S/C21H25N5O2/c1-3-18-19(21(27)28)20(23-17-8-9-17)24-26(18)13-16-6-4-15(5-7-16)12-25-11-14(2)10-22-25/h4-7,10-11,17H,3,8-9,12-13H2,1-2H3,(H,23,24)(H,27,28). The third-order valence-electron chi connectivity index (χ3n) is 4.99. The molecule has 2 aromatic heterocycles. The largest absolute Gasteiger partial charge is 0.477 e. The van der Waals surface area contributed by atoms with Crippen LogP contribution < -0.4 is 5.32 Å². The fourth-order valence-corrected chi connectivity index (χ4v) is 3.40. The van der Waals surface area contributed by atoms with Crippen molar-refractivity contribution in [3.63, 3.8) is 0 Å². The number of anilines is 1. The van der Waals surface area contributed by atoms with Gasteiger partial charge < -0.3 is 10.4 Å². The van der Waals surface area contributed by atoms with Gasteiger partial charge in [0.2, 0.25) is 0 Å². The Morgan fingerprint density at radius 2 is 1.89 bits per heavy atom. The van der Waals surface area contributed by atoms with E-state index >= 15 is 0 Å². The maximum atomic E-state index is 11.8. The molecule has 0 spiro atoms. The van der Waals surface area contributed by atoms with Gasteiger partial charge in [-0.1, -0.05) is 31.2 Å². The molecule has 0 amide bonds. The minimum absolute atomic E-state index is 0.306. The molecule has 4 rings (SSSR count). The van der Waals surface area contributed by atoms with Crippen molar-refractivity contribution in [2.45, 2.75) is 52.2 Å². The average molecular weight is 379 g/mol. The first-order valence-corrected chi connectivity index (χ1v) is 9.70. The van der Waals surface area contributed by atoms with E-state index in [1.54, 1.807) is 0 Å². The summed E-state index contributed by atoms with van der Waals surface area (Å²) < 4.78 is 3.74. The van der Waals surface area contributed by atoms with Crippen molar-refractivity contribution in [2.75, 3.05) is 5.32 Å². The molecule has 1 aliphatic rings. The Labute approximate surface area is 164 Å². The van der Waals surface area contributed by atoms with Crippen LogP contribution in [0.2, 0.25) is 0 Å². The molecule has 0 unspecified atom stereocenters. The summed E-state index contributed by atoms with van der Waals surface area (Å²) in [6.45, 7) is 5.28. The van der Waals surface area contributed by atoms with Crippen molar-refractivity contribution in [1.29, 1.82) is 0 Å². The highest BCUT2D eigenvalue weighted by molar-refractivity contribution is 5.94. The van der Waals surface area contributed by atoms with Crippen LogP contribution in [0.25, 0.3) is 0 Å². The highest BCUT2D eigenvalue weighted by atomic mass is 16.4. The second kappa shape index (κ2) is 7.50. The second-order valence-electron chi connectivity index (χ2n) is 7.44. The van der Waals surface area contributed by atoms with Crippen LogP contribution in [0.1, 0.15) is 52.5 Å². The summed E-state index contributed by atoms with van der Waals surface area (Å²) in [7, 11) is 0. The molecule has 2 heterocycles. The number of aromatic carboxylic acids is 1. The van der Waals surface area contributed by atoms with E-state index in [0.717, 1.165) is 36.2 Å². The number of nitrogens with one attached hydrogen (secondary N) is 1. The lowest BCUT2D eigenvalue weighted by atomic mass is 10.1. The number of hydrogen-bond acceptors (Lipinski definition) is 4. The van der Waals surface area contributed by atoms with Gasteiger partial charge >= 0.3 is 5.97 Å². The smallest absolute Gasteiger partial charge is 0.341 e. The normalized spacial score (nSPS) is 13.6. The van der Waals surface area contributed by atoms with Gasteiger partial charge in [-0.15, -0.1) is 0 Å². The fraction of sp³-hybridized carbons (Fsp3) is 0.381. The zero-order valence-electron chi connectivity index (χ0n) is 16.2. The van der Waals surface area contributed by atoms with Gasteiger partial charge in [-0.05, 0) is 42.9 Å². The van der Waals surface area contributed by atoms with E-state index in [1.165, 1.54) is 5.56 Å². The Kier molecular flexibility index (Phi) is 4.90. The van der Waals surface area contributed by atoms with Crippen LogP contribution in [0.3, 0.4) is 0 Å². The highest BCUT2D eigenvalue weighted by Crippen LogP contribution is 2.28. The summed E-state index contributed by atoms with van der Waals surface area (Å²) in [5.74, 6) is -0.423. The van der Waals surface area contributed by atoms with Crippen LogP contribution >= 0.6 is 0 Å². The maximum Gasteiger partial charge on any atom is 0.341 e. The molecule has 28 heavy (non-hydrogen) atoms. The fourth-order valence-electron chi connectivity index (χ4n) is 3.40. The monoisotopic (exact) mass is 379 g/mol. The Morgan fingerprint density at radius 1 is 1.21 bits per heavy atom. The van der Waals surface area contributed by atoms with Crippen molar-refractivity contribution >= 4 is 11.8 Å². The lowest BCUT2D eigenvalue weighted by Gasteiger charge is -2.08. The van der Waals surface area contributed by atoms with Crippen molar-refractivity contribution < 1.29 is 9.90 Å². The van der Waals surface area contributed by atoms with E-state index in [4.69, 9.17) is 0 Å². The molecule has 0 aliphatic heterocycles. The van der Waals surface area contributed by atoms with Crippen molar-refractivity contribution in [3.05, 3.63) is 64.6 Å². The number of rotatable bonds is 8. The molecule has 7 heteroatoms. The van der Waals surface area contributed by atoms with Crippen LogP contribution in [0.5, 0.6) is 0 Å². The molecule has 0 radical (unpaired) electrons. The zero-order chi connectivity index (χ0) is 19.7. The molecule has 1 fully saturated rings. The van der Waals surface area contributed by atoms with Gasteiger partial charge in [0.15, 0.2) is 5.82 Å². The minimum Gasteiger partial charge on any atom is -0.477 e. The molecule has 1 aliphatic carbocycles. The van der Waals surface area contributed by atoms with E-state index < -0.39 is 5.97 Å². The number of hydrogen-bond donors (Lipinski definition) is 2. The molecule has 0 atom stereocenters. The van der Waals surface area contributed by atoms with Crippen molar-refractivity contribution in [3.8, 4) is 0 Å². The Hall–Kier alpha value is -3.09. The third-order valence-corrected chi connectivity index (χ3v) is 4.99. The Balaban J connectivity index is 1.53. The summed E-state index contributed by atoms with van der Waals surface area (Å²) in [4.78, 5) is 11.8. The summed E-state index contributed by atoms with van der Waals surface area (Å²) in [6, 6.07) is 8.67. The summed E-state index contributed by atoms with van der Waals surface area (Å²) in [6.07, 6.45) is 6.64. The molecule has 0 saturated heterocycles. The molecular weight excluding hydrogens is 354 g/mol. The topological polar surface area (TPSA) is 85.0 Å². The molecular formula is C21H25N5O2. The molecule has 1 saturated carbocycles. The maximum absolute atomic E-state index is 11.8. The molecule has 7 nitrogen and oxygen atoms in total. The highest BCUT2D eigenvalue weighted by Gasteiger charge is 2.28. The zero-order valence-corrected chi connectivity index (χ0v) is 16.2. The predicted molar refractivity (Wildman–Crippen MR) is 107 cm³/mol. The number of aromatic nitrogens is 4. The summed E-state index contributed by atoms with van der Waals surface area (Å²) in [5, 5.41) is 21.8. The van der Waals surface area contributed by atoms with E-state index in [-0.39, 0.29) is 0 Å². The predicted octanol–water partition coefficient (Wildman–Crippen LogP) is 3.32. The van der Waals surface area contributed by atoms with Gasteiger partial charge in [0.25, 0.3) is 0 Å². The number of aryl methyl sites for hydroxylation is 1. The number of nitrogens with zero attached hydrogens (tertiary/aromatic N) is 4. The van der Waals surface area contributed by atoms with Gasteiger partial charge in [0.05, 0.1) is 25.0 Å². The minimum atomic E-state index is -0.920. The first kappa shape index (κ1) is 18.3. The van der Waals surface area contributed by atoms with Crippen LogP contribution in [0, 0.1) is 6.92 Å². The van der Waals surface area contributed by atoms with E-state index in [1.807, 2.05) is 35.6 Å². The van der Waals surface area contributed by atoms with Gasteiger partial charge in [0, 0.05) is 12.2 Å². The first-order chi connectivity index (χ1) is 13.5. The quantitative estimate of drug-likeness (QED) is 0.627. The molecule has 0 bridgehead atoms. The van der Waals surface area contributed by atoms with E-state index in [0.29, 0.717) is 30.4 Å². The second-order valence-corrected chi connectivity index (χ2v) is 7.44. The average Bonchev–Trinajstić information content (AvgIpc) is 3.28. The van der Waals surface area contributed by atoms with Gasteiger partial charge in [-0.25, -0.2) is 4.79 Å². The van der Waals surface area contributed by atoms with Gasteiger partial charge in [-0.3, -0.25) is 9.36 Å². The summed E-state index contributed by atoms with van der Waals surface area (Å²) in [5.41, 5.74) is 4.47. The molecule has 3 aromatic rings. The van der Waals surface area contributed by atoms with E-state index in [9.17, 15) is 9.90 Å². The number of carboxylic acid groups (broad SMARTS) is 1. The number of carboxylic acids is 1. The van der Waals surface area contributed by atoms with Crippen LogP contribution in [-0.4, -0.2) is 36.7 Å².